The fourth-order valence-corrected chi connectivity index (χ4v) is 2.98. The monoisotopic (exact) mass is 277 g/mol. The Morgan fingerprint density at radius 2 is 1.90 bits per heavy atom. The summed E-state index contributed by atoms with van der Waals surface area (Å²) in [5.41, 5.74) is 3.21. The van der Waals surface area contributed by atoms with E-state index in [1.54, 1.807) is 7.11 Å². The number of hydrogen-bond acceptors (Lipinski definition) is 3. The van der Waals surface area contributed by atoms with Crippen molar-refractivity contribution < 1.29 is 9.84 Å². The molecule has 1 aliphatic rings. The van der Waals surface area contributed by atoms with Crippen LogP contribution in [0.25, 0.3) is 0 Å². The topological polar surface area (TPSA) is 32.7 Å². The number of aliphatic hydroxyl groups is 1. The van der Waals surface area contributed by atoms with Crippen molar-refractivity contribution >= 4 is 0 Å². The maximum atomic E-state index is 10.5. The third kappa shape index (κ3) is 3.53. The summed E-state index contributed by atoms with van der Waals surface area (Å²) >= 11 is 0. The van der Waals surface area contributed by atoms with Gasteiger partial charge in [-0.05, 0) is 74.5 Å². The fourth-order valence-electron chi connectivity index (χ4n) is 2.98. The van der Waals surface area contributed by atoms with Crippen molar-refractivity contribution in [2.24, 2.45) is 5.92 Å². The van der Waals surface area contributed by atoms with Gasteiger partial charge in [0.2, 0.25) is 0 Å². The predicted molar refractivity (Wildman–Crippen MR) is 82.3 cm³/mol. The second-order valence-corrected chi connectivity index (χ2v) is 6.18. The maximum Gasteiger partial charge on any atom is 0.122 e. The lowest BCUT2D eigenvalue weighted by molar-refractivity contribution is 0.0911. The zero-order valence-electron chi connectivity index (χ0n) is 13.1. The largest absolute Gasteiger partial charge is 0.496 e. The number of nitrogens with zero attached hydrogens (tertiary/aromatic N) is 1. The van der Waals surface area contributed by atoms with E-state index in [2.05, 4.69) is 17.9 Å². The van der Waals surface area contributed by atoms with E-state index < -0.39 is 6.10 Å². The van der Waals surface area contributed by atoms with Gasteiger partial charge in [-0.2, -0.15) is 0 Å². The Labute approximate surface area is 122 Å². The van der Waals surface area contributed by atoms with Crippen molar-refractivity contribution in [2.75, 3.05) is 26.7 Å². The molecule has 0 radical (unpaired) electrons. The second kappa shape index (κ2) is 6.59. The first-order valence-corrected chi connectivity index (χ1v) is 7.56. The van der Waals surface area contributed by atoms with Gasteiger partial charge >= 0.3 is 0 Å². The lowest BCUT2D eigenvalue weighted by Gasteiger charge is -2.32. The van der Waals surface area contributed by atoms with Crippen LogP contribution < -0.4 is 4.74 Å². The second-order valence-electron chi connectivity index (χ2n) is 6.18. The molecule has 0 bridgehead atoms. The number of likely N-dealkylation sites (tertiary alicyclic amines) is 1. The van der Waals surface area contributed by atoms with Crippen LogP contribution in [0.5, 0.6) is 5.75 Å². The van der Waals surface area contributed by atoms with Crippen molar-refractivity contribution in [1.29, 1.82) is 0 Å². The van der Waals surface area contributed by atoms with Crippen LogP contribution in [-0.4, -0.2) is 36.8 Å². The number of ether oxygens (including phenoxy) is 1. The minimum atomic E-state index is -0.409. The Morgan fingerprint density at radius 1 is 1.25 bits per heavy atom. The Hall–Kier alpha value is -1.06. The number of aryl methyl sites for hydroxylation is 2. The standard InChI is InChI=1S/C17H27NO2/c1-12-5-7-18(8-6-12)11-16(19)15-9-14(3)17(20-4)10-13(15)2/h9-10,12,16,19H,5-8,11H2,1-4H3. The highest BCUT2D eigenvalue weighted by atomic mass is 16.5. The van der Waals surface area contributed by atoms with Crippen LogP contribution >= 0.6 is 0 Å². The van der Waals surface area contributed by atoms with E-state index in [0.717, 1.165) is 48.0 Å². The summed E-state index contributed by atoms with van der Waals surface area (Å²) in [7, 11) is 1.69. The van der Waals surface area contributed by atoms with Gasteiger partial charge in [0.25, 0.3) is 0 Å². The Balaban J connectivity index is 2.05. The lowest BCUT2D eigenvalue weighted by Crippen LogP contribution is -2.36. The van der Waals surface area contributed by atoms with E-state index in [0.29, 0.717) is 0 Å². The molecule has 1 atom stereocenters. The van der Waals surface area contributed by atoms with Crippen LogP contribution in [-0.2, 0) is 0 Å². The lowest BCUT2D eigenvalue weighted by atomic mass is 9.96. The highest BCUT2D eigenvalue weighted by molar-refractivity contribution is 5.42. The highest BCUT2D eigenvalue weighted by Crippen LogP contribution is 2.28. The molecule has 1 saturated heterocycles. The van der Waals surface area contributed by atoms with E-state index >= 15 is 0 Å². The summed E-state index contributed by atoms with van der Waals surface area (Å²) in [6.07, 6.45) is 2.08. The van der Waals surface area contributed by atoms with Gasteiger partial charge in [-0.1, -0.05) is 6.92 Å². The Morgan fingerprint density at radius 3 is 2.50 bits per heavy atom. The van der Waals surface area contributed by atoms with Gasteiger partial charge in [-0.25, -0.2) is 0 Å². The van der Waals surface area contributed by atoms with Gasteiger partial charge < -0.3 is 14.7 Å². The predicted octanol–water partition coefficient (Wildman–Crippen LogP) is 3.08. The zero-order chi connectivity index (χ0) is 14.7. The number of methoxy groups -OCH3 is 1. The first kappa shape index (κ1) is 15.3. The molecule has 2 rings (SSSR count). The van der Waals surface area contributed by atoms with Crippen LogP contribution in [0.1, 0.15) is 42.6 Å². The quantitative estimate of drug-likeness (QED) is 0.918. The summed E-state index contributed by atoms with van der Waals surface area (Å²) < 4.78 is 5.33. The number of benzene rings is 1. The number of aliphatic hydroxyl groups excluding tert-OH is 1. The van der Waals surface area contributed by atoms with E-state index in [1.807, 2.05) is 19.9 Å². The third-order valence-corrected chi connectivity index (χ3v) is 4.45. The molecule has 0 spiro atoms. The van der Waals surface area contributed by atoms with Crippen LogP contribution in [0.15, 0.2) is 12.1 Å². The van der Waals surface area contributed by atoms with Gasteiger partial charge in [-0.15, -0.1) is 0 Å². The van der Waals surface area contributed by atoms with Crippen molar-refractivity contribution in [3.8, 4) is 5.75 Å². The molecule has 0 aromatic heterocycles. The molecule has 1 unspecified atom stereocenters. The molecule has 1 fully saturated rings. The SMILES string of the molecule is COc1cc(C)c(C(O)CN2CCC(C)CC2)cc1C. The molecule has 1 aromatic rings. The molecule has 20 heavy (non-hydrogen) atoms. The number of rotatable bonds is 4. The molecule has 0 saturated carbocycles. The number of piperidine rings is 1. The van der Waals surface area contributed by atoms with Gasteiger partial charge in [0.05, 0.1) is 13.2 Å². The normalized spacial score (nSPS) is 19.1. The van der Waals surface area contributed by atoms with Crippen molar-refractivity contribution in [1.82, 2.24) is 4.90 Å². The zero-order valence-corrected chi connectivity index (χ0v) is 13.1. The molecule has 3 heteroatoms. The van der Waals surface area contributed by atoms with Gasteiger partial charge in [0.15, 0.2) is 0 Å². The van der Waals surface area contributed by atoms with E-state index in [9.17, 15) is 5.11 Å². The first-order valence-electron chi connectivity index (χ1n) is 7.56. The molecule has 1 aromatic carbocycles. The van der Waals surface area contributed by atoms with Gasteiger partial charge in [-0.3, -0.25) is 0 Å². The average molecular weight is 277 g/mol. The van der Waals surface area contributed by atoms with Gasteiger partial charge in [0, 0.05) is 6.54 Å². The van der Waals surface area contributed by atoms with E-state index in [1.165, 1.54) is 12.8 Å². The summed E-state index contributed by atoms with van der Waals surface area (Å²) in [6, 6.07) is 4.08. The summed E-state index contributed by atoms with van der Waals surface area (Å²) in [5.74, 6) is 1.72. The van der Waals surface area contributed by atoms with Crippen LogP contribution in [0.2, 0.25) is 0 Å². The van der Waals surface area contributed by atoms with E-state index in [4.69, 9.17) is 4.74 Å². The molecule has 3 nitrogen and oxygen atoms in total. The first-order chi connectivity index (χ1) is 9.51. The molecule has 0 amide bonds. The van der Waals surface area contributed by atoms with Crippen LogP contribution in [0, 0.1) is 19.8 Å². The maximum absolute atomic E-state index is 10.5. The van der Waals surface area contributed by atoms with Crippen LogP contribution in [0.3, 0.4) is 0 Å². The summed E-state index contributed by atoms with van der Waals surface area (Å²) in [4.78, 5) is 2.38. The van der Waals surface area contributed by atoms with Crippen LogP contribution in [0.4, 0.5) is 0 Å². The Bertz CT molecular complexity index is 451. The molecule has 1 heterocycles. The minimum absolute atomic E-state index is 0.409. The molecule has 1 aliphatic heterocycles. The summed E-state index contributed by atoms with van der Waals surface area (Å²) in [5, 5.41) is 10.5. The highest BCUT2D eigenvalue weighted by Gasteiger charge is 2.20. The molecule has 112 valence electrons. The molecular weight excluding hydrogens is 250 g/mol. The van der Waals surface area contributed by atoms with Crippen molar-refractivity contribution in [3.63, 3.8) is 0 Å². The smallest absolute Gasteiger partial charge is 0.122 e. The fraction of sp³-hybridized carbons (Fsp3) is 0.647. The molecule has 1 N–H and O–H groups in total. The van der Waals surface area contributed by atoms with Crippen molar-refractivity contribution in [3.05, 3.63) is 28.8 Å². The minimum Gasteiger partial charge on any atom is -0.496 e. The van der Waals surface area contributed by atoms with Gasteiger partial charge in [0.1, 0.15) is 5.75 Å². The Kier molecular flexibility index (Phi) is 5.06. The number of β-amino-alcohol motifs (C(OH)–C–C–N with tert-alkyl or cyclic N) is 1. The van der Waals surface area contributed by atoms with Crippen molar-refractivity contribution in [2.45, 2.75) is 39.7 Å². The number of hydrogen-bond donors (Lipinski definition) is 1. The third-order valence-electron chi connectivity index (χ3n) is 4.45. The average Bonchev–Trinajstić information content (AvgIpc) is 2.43. The van der Waals surface area contributed by atoms with E-state index in [-0.39, 0.29) is 0 Å². The molecular formula is C17H27NO2. The molecule has 0 aliphatic carbocycles. The summed E-state index contributed by atoms with van der Waals surface area (Å²) in [6.45, 7) is 9.32.